The molecule has 186 valence electrons. The molecule has 0 unspecified atom stereocenters. The summed E-state index contributed by atoms with van der Waals surface area (Å²) >= 11 is 0. The van der Waals surface area contributed by atoms with Crippen LogP contribution in [0.5, 0.6) is 11.5 Å². The number of aromatic nitrogens is 2. The monoisotopic (exact) mass is 490 g/mol. The predicted molar refractivity (Wildman–Crippen MR) is 131 cm³/mol. The zero-order valence-corrected chi connectivity index (χ0v) is 20.4. The summed E-state index contributed by atoms with van der Waals surface area (Å²) in [5, 5.41) is 8.06. The van der Waals surface area contributed by atoms with Gasteiger partial charge in [0.2, 0.25) is 0 Å². The molecule has 3 aromatic heterocycles. The summed E-state index contributed by atoms with van der Waals surface area (Å²) in [5.74, 6) is 1.85. The summed E-state index contributed by atoms with van der Waals surface area (Å²) in [4.78, 5) is 27.3. The first-order valence-corrected chi connectivity index (χ1v) is 12.2. The van der Waals surface area contributed by atoms with E-state index in [2.05, 4.69) is 10.4 Å². The molecule has 36 heavy (non-hydrogen) atoms. The summed E-state index contributed by atoms with van der Waals surface area (Å²) in [6.07, 6.45) is 4.59. The minimum absolute atomic E-state index is 0.103. The van der Waals surface area contributed by atoms with Crippen LogP contribution in [0.1, 0.15) is 51.8 Å². The Morgan fingerprint density at radius 2 is 2.06 bits per heavy atom. The van der Waals surface area contributed by atoms with Crippen LogP contribution < -0.4 is 10.1 Å². The van der Waals surface area contributed by atoms with Gasteiger partial charge in [-0.15, -0.1) is 0 Å². The van der Waals surface area contributed by atoms with Crippen LogP contribution in [0.15, 0.2) is 41.1 Å². The summed E-state index contributed by atoms with van der Waals surface area (Å²) < 4.78 is 27.3. The lowest BCUT2D eigenvalue weighted by Gasteiger charge is -2.41. The maximum Gasteiger partial charge on any atom is 0.256 e. The van der Waals surface area contributed by atoms with Gasteiger partial charge in [0.25, 0.3) is 11.8 Å². The van der Waals surface area contributed by atoms with E-state index in [0.29, 0.717) is 57.5 Å². The van der Waals surface area contributed by atoms with Gasteiger partial charge in [0, 0.05) is 30.3 Å². The number of nitrogens with one attached hydrogen (secondary N) is 1. The Hall–Kier alpha value is -3.88. The van der Waals surface area contributed by atoms with Crippen molar-refractivity contribution in [1.82, 2.24) is 19.8 Å². The maximum atomic E-state index is 13.6. The van der Waals surface area contributed by atoms with Gasteiger partial charge in [0.1, 0.15) is 28.8 Å². The van der Waals surface area contributed by atoms with Crippen LogP contribution in [0.3, 0.4) is 0 Å². The molecule has 1 aliphatic heterocycles. The number of ether oxygens (including phenoxy) is 1. The van der Waals surface area contributed by atoms with E-state index in [1.807, 2.05) is 13.0 Å². The number of amides is 2. The van der Waals surface area contributed by atoms with Crippen molar-refractivity contribution in [2.45, 2.75) is 45.8 Å². The van der Waals surface area contributed by atoms with Crippen LogP contribution in [0.2, 0.25) is 0 Å². The van der Waals surface area contributed by atoms with Gasteiger partial charge < -0.3 is 19.4 Å². The Kier molecular flexibility index (Phi) is 5.24. The standard InChI is InChI=1S/C27H27FN4O4/c1-14-20(27(34)31-13-21(28)15(31)2)12-32-25(14)22(8-9-30-32)36-18-6-7-19-23(10-18)35-16(3)24(19)26(33)29-11-17-4-5-17/h6-10,12,15,17,21H,4-5,11,13H2,1-3H3,(H,29,33)/t15-,21-/m1/s1. The second-order valence-electron chi connectivity index (χ2n) is 9.82. The van der Waals surface area contributed by atoms with Crippen molar-refractivity contribution in [1.29, 1.82) is 0 Å². The molecule has 4 aromatic rings. The van der Waals surface area contributed by atoms with Crippen LogP contribution in [0.25, 0.3) is 16.5 Å². The second-order valence-corrected chi connectivity index (χ2v) is 9.82. The van der Waals surface area contributed by atoms with Gasteiger partial charge >= 0.3 is 0 Å². The van der Waals surface area contributed by atoms with Crippen molar-refractivity contribution < 1.29 is 23.1 Å². The van der Waals surface area contributed by atoms with Crippen molar-refractivity contribution in [2.24, 2.45) is 5.92 Å². The molecule has 2 atom stereocenters. The number of benzene rings is 1. The third-order valence-electron chi connectivity index (χ3n) is 7.31. The molecular formula is C27H27FN4O4. The Morgan fingerprint density at radius 1 is 1.25 bits per heavy atom. The molecule has 9 heteroatoms. The number of alkyl halides is 1. The number of nitrogens with zero attached hydrogens (tertiary/aromatic N) is 3. The van der Waals surface area contributed by atoms with Crippen LogP contribution in [-0.2, 0) is 0 Å². The highest BCUT2D eigenvalue weighted by Gasteiger charge is 2.40. The molecule has 0 bridgehead atoms. The molecule has 1 saturated carbocycles. The first-order chi connectivity index (χ1) is 17.3. The highest BCUT2D eigenvalue weighted by atomic mass is 19.1. The lowest BCUT2D eigenvalue weighted by atomic mass is 10.0. The first kappa shape index (κ1) is 22.6. The largest absolute Gasteiger partial charge is 0.460 e. The average molecular weight is 491 g/mol. The molecule has 1 aliphatic carbocycles. The molecule has 6 rings (SSSR count). The van der Waals surface area contributed by atoms with E-state index < -0.39 is 12.2 Å². The van der Waals surface area contributed by atoms with E-state index >= 15 is 0 Å². The average Bonchev–Trinajstić information content (AvgIpc) is 3.55. The summed E-state index contributed by atoms with van der Waals surface area (Å²) in [5.41, 5.74) is 2.94. The van der Waals surface area contributed by atoms with Crippen molar-refractivity contribution in [3.63, 3.8) is 0 Å². The zero-order chi connectivity index (χ0) is 25.1. The first-order valence-electron chi connectivity index (χ1n) is 12.2. The maximum absolute atomic E-state index is 13.6. The molecule has 0 radical (unpaired) electrons. The summed E-state index contributed by atoms with van der Waals surface area (Å²) in [6.45, 7) is 6.12. The van der Waals surface area contributed by atoms with Gasteiger partial charge in [-0.05, 0) is 57.2 Å². The molecule has 1 saturated heterocycles. The molecule has 0 spiro atoms. The number of hydrogen-bond donors (Lipinski definition) is 1. The Bertz CT molecular complexity index is 1520. The number of aryl methyl sites for hydroxylation is 2. The zero-order valence-electron chi connectivity index (χ0n) is 20.4. The van der Waals surface area contributed by atoms with Crippen molar-refractivity contribution in [2.75, 3.05) is 13.1 Å². The predicted octanol–water partition coefficient (Wildman–Crippen LogP) is 4.81. The van der Waals surface area contributed by atoms with Crippen LogP contribution in [0, 0.1) is 19.8 Å². The fourth-order valence-corrected chi connectivity index (χ4v) is 4.83. The SMILES string of the molecule is Cc1oc2cc(Oc3ccnn4cc(C(=O)N5C[C@@H](F)[C@H]5C)c(C)c34)ccc2c1C(=O)NCC1CC1. The molecule has 2 amide bonds. The number of carbonyl (C=O) groups excluding carboxylic acids is 2. The van der Waals surface area contributed by atoms with E-state index in [0.717, 1.165) is 5.39 Å². The van der Waals surface area contributed by atoms with Gasteiger partial charge in [-0.2, -0.15) is 5.10 Å². The highest BCUT2D eigenvalue weighted by molar-refractivity contribution is 6.07. The number of furan rings is 1. The van der Waals surface area contributed by atoms with Gasteiger partial charge in [-0.3, -0.25) is 9.59 Å². The van der Waals surface area contributed by atoms with Gasteiger partial charge in [-0.1, -0.05) is 0 Å². The lowest BCUT2D eigenvalue weighted by Crippen LogP contribution is -2.58. The van der Waals surface area contributed by atoms with Crippen molar-refractivity contribution in [3.8, 4) is 11.5 Å². The molecule has 4 heterocycles. The third kappa shape index (κ3) is 3.70. The normalized spacial score (nSPS) is 19.5. The summed E-state index contributed by atoms with van der Waals surface area (Å²) in [7, 11) is 0. The number of carbonyl (C=O) groups is 2. The summed E-state index contributed by atoms with van der Waals surface area (Å²) in [6, 6.07) is 6.66. The molecule has 2 fully saturated rings. The molecule has 1 aromatic carbocycles. The minimum Gasteiger partial charge on any atom is -0.460 e. The number of hydrogen-bond acceptors (Lipinski definition) is 5. The van der Waals surface area contributed by atoms with E-state index in [1.165, 1.54) is 17.7 Å². The number of halogens is 1. The topological polar surface area (TPSA) is 89.1 Å². The van der Waals surface area contributed by atoms with Gasteiger partial charge in [0.05, 0.1) is 29.9 Å². The Balaban J connectivity index is 1.29. The van der Waals surface area contributed by atoms with Gasteiger partial charge in [-0.25, -0.2) is 8.91 Å². The van der Waals surface area contributed by atoms with Crippen molar-refractivity contribution in [3.05, 3.63) is 59.1 Å². The van der Waals surface area contributed by atoms with Crippen LogP contribution >= 0.6 is 0 Å². The number of likely N-dealkylation sites (tertiary alicyclic amines) is 1. The third-order valence-corrected chi connectivity index (χ3v) is 7.31. The van der Waals surface area contributed by atoms with Crippen molar-refractivity contribution >= 4 is 28.3 Å². The van der Waals surface area contributed by atoms with Gasteiger partial charge in [0.15, 0.2) is 5.75 Å². The Labute approximate surface area is 207 Å². The molecular weight excluding hydrogens is 463 g/mol. The second kappa shape index (κ2) is 8.36. The Morgan fingerprint density at radius 3 is 2.78 bits per heavy atom. The highest BCUT2D eigenvalue weighted by Crippen LogP contribution is 2.35. The van der Waals surface area contributed by atoms with E-state index in [1.54, 1.807) is 49.0 Å². The van der Waals surface area contributed by atoms with E-state index in [4.69, 9.17) is 9.15 Å². The van der Waals surface area contributed by atoms with Crippen LogP contribution in [-0.4, -0.2) is 51.6 Å². The number of fused-ring (bicyclic) bond motifs is 2. The van der Waals surface area contributed by atoms with Crippen LogP contribution in [0.4, 0.5) is 4.39 Å². The molecule has 1 N–H and O–H groups in total. The molecule has 2 aliphatic rings. The fraction of sp³-hybridized carbons (Fsp3) is 0.370. The fourth-order valence-electron chi connectivity index (χ4n) is 4.83. The quantitative estimate of drug-likeness (QED) is 0.419. The van der Waals surface area contributed by atoms with E-state index in [-0.39, 0.29) is 18.4 Å². The number of rotatable bonds is 6. The van der Waals surface area contributed by atoms with E-state index in [9.17, 15) is 14.0 Å². The molecule has 8 nitrogen and oxygen atoms in total. The lowest BCUT2D eigenvalue weighted by molar-refractivity contribution is 0.00637. The minimum atomic E-state index is -0.992. The smallest absolute Gasteiger partial charge is 0.256 e.